The molecule has 1 atom stereocenters. The van der Waals surface area contributed by atoms with Gasteiger partial charge in [0.15, 0.2) is 5.82 Å². The lowest BCUT2D eigenvalue weighted by Gasteiger charge is -2.23. The van der Waals surface area contributed by atoms with Crippen LogP contribution in [0.15, 0.2) is 11.1 Å². The first-order valence-electron chi connectivity index (χ1n) is 5.80. The van der Waals surface area contributed by atoms with Gasteiger partial charge in [-0.15, -0.1) is 0 Å². The minimum atomic E-state index is -0.634. The van der Waals surface area contributed by atoms with E-state index in [4.69, 9.17) is 5.73 Å². The Balaban J connectivity index is 2.23. The molecule has 0 radical (unpaired) electrons. The molecule has 2 heterocycles. The van der Waals surface area contributed by atoms with Gasteiger partial charge in [-0.3, -0.25) is 4.79 Å². The van der Waals surface area contributed by atoms with Crippen LogP contribution in [0.3, 0.4) is 0 Å². The van der Waals surface area contributed by atoms with Crippen molar-refractivity contribution >= 4 is 11.5 Å². The monoisotopic (exact) mass is 238 g/mol. The van der Waals surface area contributed by atoms with Crippen LogP contribution in [0.25, 0.3) is 0 Å². The molecule has 94 valence electrons. The van der Waals surface area contributed by atoms with Gasteiger partial charge in [-0.25, -0.2) is 4.98 Å². The number of aromatic nitrogens is 2. The molecule has 1 unspecified atom stereocenters. The Kier molecular flexibility index (Phi) is 3.06. The number of H-pyrrole nitrogens is 1. The summed E-state index contributed by atoms with van der Waals surface area (Å²) in [6, 6.07) is 0. The van der Waals surface area contributed by atoms with Gasteiger partial charge in [-0.05, 0) is 26.2 Å². The molecule has 1 aliphatic heterocycles. The van der Waals surface area contributed by atoms with Crippen molar-refractivity contribution in [2.75, 3.05) is 23.7 Å². The maximum absolute atomic E-state index is 11.4. The Bertz CT molecular complexity index is 455. The fraction of sp³-hybridized carbons (Fsp3) is 0.636. The molecule has 0 saturated carbocycles. The number of nitrogens with zero attached hydrogens (tertiary/aromatic N) is 2. The summed E-state index contributed by atoms with van der Waals surface area (Å²) in [6.45, 7) is 3.26. The fourth-order valence-corrected chi connectivity index (χ4v) is 2.13. The molecular formula is C11H18N4O2. The Morgan fingerprint density at radius 3 is 3.06 bits per heavy atom. The first-order chi connectivity index (χ1) is 7.99. The molecule has 0 aliphatic carbocycles. The zero-order valence-electron chi connectivity index (χ0n) is 9.94. The highest BCUT2D eigenvalue weighted by Gasteiger charge is 2.26. The summed E-state index contributed by atoms with van der Waals surface area (Å²) in [5.74, 6) is 0.520. The molecule has 4 N–H and O–H groups in total. The molecule has 1 aliphatic rings. The van der Waals surface area contributed by atoms with Crippen LogP contribution in [0.5, 0.6) is 0 Å². The number of aromatic amines is 1. The molecule has 1 aromatic rings. The molecule has 0 amide bonds. The number of nitrogens with one attached hydrogen (secondary N) is 1. The topological polar surface area (TPSA) is 95.2 Å². The Morgan fingerprint density at radius 2 is 2.29 bits per heavy atom. The fourth-order valence-electron chi connectivity index (χ4n) is 2.13. The second-order valence-electron chi connectivity index (χ2n) is 4.81. The third-order valence-electron chi connectivity index (χ3n) is 3.23. The van der Waals surface area contributed by atoms with E-state index in [2.05, 4.69) is 9.97 Å². The summed E-state index contributed by atoms with van der Waals surface area (Å²) in [6.07, 6.45) is 3.63. The van der Waals surface area contributed by atoms with Gasteiger partial charge in [0.2, 0.25) is 0 Å². The zero-order chi connectivity index (χ0) is 12.5. The van der Waals surface area contributed by atoms with Crippen molar-refractivity contribution in [3.63, 3.8) is 0 Å². The van der Waals surface area contributed by atoms with E-state index in [1.54, 1.807) is 0 Å². The summed E-state index contributed by atoms with van der Waals surface area (Å²) in [5, 5.41) is 10.00. The molecule has 0 spiro atoms. The van der Waals surface area contributed by atoms with Crippen molar-refractivity contribution in [3.8, 4) is 0 Å². The number of nitrogens with two attached hydrogens (primary N) is 1. The lowest BCUT2D eigenvalue weighted by Crippen LogP contribution is -2.31. The van der Waals surface area contributed by atoms with Crippen LogP contribution in [-0.4, -0.2) is 33.8 Å². The Labute approximate surface area is 99.5 Å². The minimum absolute atomic E-state index is 0.147. The van der Waals surface area contributed by atoms with E-state index in [-0.39, 0.29) is 11.2 Å². The maximum atomic E-state index is 11.4. The molecule has 2 rings (SSSR count). The second kappa shape index (κ2) is 4.37. The third kappa shape index (κ3) is 2.58. The average Bonchev–Trinajstić information content (AvgIpc) is 2.44. The van der Waals surface area contributed by atoms with E-state index in [1.165, 1.54) is 6.33 Å². The smallest absolute Gasteiger partial charge is 0.276 e. The highest BCUT2D eigenvalue weighted by molar-refractivity contribution is 5.60. The summed E-state index contributed by atoms with van der Waals surface area (Å²) >= 11 is 0. The number of hydrogen-bond acceptors (Lipinski definition) is 5. The van der Waals surface area contributed by atoms with Crippen LogP contribution in [0.4, 0.5) is 11.5 Å². The first-order valence-corrected chi connectivity index (χ1v) is 5.80. The molecule has 6 heteroatoms. The van der Waals surface area contributed by atoms with Gasteiger partial charge < -0.3 is 20.7 Å². The van der Waals surface area contributed by atoms with E-state index in [0.29, 0.717) is 18.8 Å². The van der Waals surface area contributed by atoms with Crippen molar-refractivity contribution in [1.82, 2.24) is 9.97 Å². The summed E-state index contributed by atoms with van der Waals surface area (Å²) in [7, 11) is 0. The quantitative estimate of drug-likeness (QED) is 0.644. The van der Waals surface area contributed by atoms with Crippen molar-refractivity contribution < 1.29 is 5.11 Å². The van der Waals surface area contributed by atoms with Gasteiger partial charge in [0.05, 0.1) is 11.9 Å². The highest BCUT2D eigenvalue weighted by atomic mass is 16.3. The lowest BCUT2D eigenvalue weighted by atomic mass is 9.98. The highest BCUT2D eigenvalue weighted by Crippen LogP contribution is 2.25. The van der Waals surface area contributed by atoms with Gasteiger partial charge in [0.1, 0.15) is 5.69 Å². The molecule has 0 aromatic carbocycles. The SMILES string of the molecule is CC1(O)CCCN(c2nc[nH]c(=O)c2N)CC1. The predicted molar refractivity (Wildman–Crippen MR) is 66.0 cm³/mol. The number of rotatable bonds is 1. The van der Waals surface area contributed by atoms with Crippen molar-refractivity contribution in [3.05, 3.63) is 16.7 Å². The number of hydrogen-bond donors (Lipinski definition) is 3. The normalized spacial score (nSPS) is 25.6. The van der Waals surface area contributed by atoms with Crippen LogP contribution >= 0.6 is 0 Å². The number of aliphatic hydroxyl groups is 1. The minimum Gasteiger partial charge on any atom is -0.391 e. The van der Waals surface area contributed by atoms with Crippen molar-refractivity contribution in [2.24, 2.45) is 0 Å². The molecule has 1 saturated heterocycles. The Hall–Kier alpha value is -1.56. The van der Waals surface area contributed by atoms with Gasteiger partial charge in [0.25, 0.3) is 5.56 Å². The number of nitrogen functional groups attached to an aromatic ring is 1. The van der Waals surface area contributed by atoms with Gasteiger partial charge in [-0.1, -0.05) is 0 Å². The third-order valence-corrected chi connectivity index (χ3v) is 3.23. The number of anilines is 2. The van der Waals surface area contributed by atoms with Crippen LogP contribution < -0.4 is 16.2 Å². The standard InChI is InChI=1S/C11H18N4O2/c1-11(17)3-2-5-15(6-4-11)9-8(12)10(16)14-7-13-9/h7,17H,2-6,12H2,1H3,(H,13,14,16). The van der Waals surface area contributed by atoms with Gasteiger partial charge >= 0.3 is 0 Å². The van der Waals surface area contributed by atoms with Gasteiger partial charge in [0, 0.05) is 13.1 Å². The van der Waals surface area contributed by atoms with Crippen LogP contribution in [0, 0.1) is 0 Å². The molecular weight excluding hydrogens is 220 g/mol. The summed E-state index contributed by atoms with van der Waals surface area (Å²) < 4.78 is 0. The van der Waals surface area contributed by atoms with E-state index < -0.39 is 5.60 Å². The van der Waals surface area contributed by atoms with Crippen molar-refractivity contribution in [1.29, 1.82) is 0 Å². The van der Waals surface area contributed by atoms with E-state index in [1.807, 2.05) is 11.8 Å². The largest absolute Gasteiger partial charge is 0.391 e. The maximum Gasteiger partial charge on any atom is 0.276 e. The molecule has 1 fully saturated rings. The van der Waals surface area contributed by atoms with E-state index >= 15 is 0 Å². The summed E-state index contributed by atoms with van der Waals surface area (Å²) in [5.41, 5.74) is 4.92. The predicted octanol–water partition coefficient (Wildman–Crippen LogP) is 0.0934. The van der Waals surface area contributed by atoms with E-state index in [9.17, 15) is 9.90 Å². The Morgan fingerprint density at radius 1 is 1.53 bits per heavy atom. The summed E-state index contributed by atoms with van der Waals surface area (Å²) in [4.78, 5) is 19.9. The second-order valence-corrected chi connectivity index (χ2v) is 4.81. The van der Waals surface area contributed by atoms with E-state index in [0.717, 1.165) is 19.4 Å². The molecule has 17 heavy (non-hydrogen) atoms. The van der Waals surface area contributed by atoms with Gasteiger partial charge in [-0.2, -0.15) is 0 Å². The molecule has 6 nitrogen and oxygen atoms in total. The lowest BCUT2D eigenvalue weighted by molar-refractivity contribution is 0.0481. The van der Waals surface area contributed by atoms with Crippen LogP contribution in [-0.2, 0) is 0 Å². The average molecular weight is 238 g/mol. The van der Waals surface area contributed by atoms with Crippen LogP contribution in [0.1, 0.15) is 26.2 Å². The molecule has 1 aromatic heterocycles. The van der Waals surface area contributed by atoms with Crippen molar-refractivity contribution in [2.45, 2.75) is 31.8 Å². The molecule has 0 bridgehead atoms. The van der Waals surface area contributed by atoms with Crippen LogP contribution in [0.2, 0.25) is 0 Å². The first kappa shape index (κ1) is 11.9. The zero-order valence-corrected chi connectivity index (χ0v) is 9.94.